The molecule has 0 radical (unpaired) electrons. The number of aliphatic hydroxyl groups excluding tert-OH is 1. The van der Waals surface area contributed by atoms with E-state index >= 15 is 0 Å². The standard InChI is InChI=1S/C15H34O2Si/c1-12(2)18(13(3)4,14(5)6)17-11-15(7)9-8-10-16/h12-16H,8-11H2,1-7H3/t15-/m0/s1. The van der Waals surface area contributed by atoms with Crippen LogP contribution in [0, 0.1) is 5.92 Å². The van der Waals surface area contributed by atoms with Crippen molar-refractivity contribution in [3.05, 3.63) is 0 Å². The van der Waals surface area contributed by atoms with E-state index in [-0.39, 0.29) is 0 Å². The van der Waals surface area contributed by atoms with Crippen molar-refractivity contribution in [3.8, 4) is 0 Å². The largest absolute Gasteiger partial charge is 0.416 e. The summed E-state index contributed by atoms with van der Waals surface area (Å²) < 4.78 is 6.53. The van der Waals surface area contributed by atoms with Crippen LogP contribution in [0.3, 0.4) is 0 Å². The van der Waals surface area contributed by atoms with Gasteiger partial charge >= 0.3 is 0 Å². The molecule has 0 aromatic rings. The van der Waals surface area contributed by atoms with E-state index in [1.165, 1.54) is 0 Å². The highest BCUT2D eigenvalue weighted by atomic mass is 28.4. The molecule has 0 fully saturated rings. The Balaban J connectivity index is 4.60. The van der Waals surface area contributed by atoms with E-state index in [1.54, 1.807) is 0 Å². The maximum absolute atomic E-state index is 8.88. The van der Waals surface area contributed by atoms with Gasteiger partial charge in [-0.15, -0.1) is 0 Å². The van der Waals surface area contributed by atoms with E-state index in [9.17, 15) is 0 Å². The average Bonchev–Trinajstić information content (AvgIpc) is 2.25. The summed E-state index contributed by atoms with van der Waals surface area (Å²) in [7, 11) is -1.69. The van der Waals surface area contributed by atoms with Crippen LogP contribution in [-0.2, 0) is 4.43 Å². The molecule has 0 saturated heterocycles. The maximum atomic E-state index is 8.88. The molecule has 0 amide bonds. The normalized spacial score (nSPS) is 14.8. The van der Waals surface area contributed by atoms with Crippen LogP contribution < -0.4 is 0 Å². The van der Waals surface area contributed by atoms with Gasteiger partial charge in [0.25, 0.3) is 0 Å². The highest BCUT2D eigenvalue weighted by molar-refractivity contribution is 6.77. The summed E-state index contributed by atoms with van der Waals surface area (Å²) in [6, 6.07) is 0. The van der Waals surface area contributed by atoms with Gasteiger partial charge in [-0.05, 0) is 35.4 Å². The molecule has 0 saturated carbocycles. The maximum Gasteiger partial charge on any atom is 0.200 e. The highest BCUT2D eigenvalue weighted by Gasteiger charge is 2.45. The molecule has 0 aromatic carbocycles. The van der Waals surface area contributed by atoms with Crippen LogP contribution in [0.4, 0.5) is 0 Å². The van der Waals surface area contributed by atoms with Gasteiger partial charge in [-0.2, -0.15) is 0 Å². The smallest absolute Gasteiger partial charge is 0.200 e. The molecule has 0 spiro atoms. The van der Waals surface area contributed by atoms with Gasteiger partial charge in [-0.25, -0.2) is 0 Å². The van der Waals surface area contributed by atoms with E-state index in [1.807, 2.05) is 0 Å². The van der Waals surface area contributed by atoms with Crippen LogP contribution in [0.2, 0.25) is 16.6 Å². The Labute approximate surface area is 115 Å². The second-order valence-electron chi connectivity index (χ2n) is 6.60. The van der Waals surface area contributed by atoms with Crippen LogP contribution in [0.1, 0.15) is 61.3 Å². The van der Waals surface area contributed by atoms with Crippen LogP contribution in [0.25, 0.3) is 0 Å². The molecule has 110 valence electrons. The predicted octanol–water partition coefficient (Wildman–Crippen LogP) is 4.59. The van der Waals surface area contributed by atoms with Crippen LogP contribution >= 0.6 is 0 Å². The van der Waals surface area contributed by atoms with E-state index in [2.05, 4.69) is 48.5 Å². The van der Waals surface area contributed by atoms with Crippen LogP contribution in [-0.4, -0.2) is 26.6 Å². The molecule has 0 aliphatic heterocycles. The molecular weight excluding hydrogens is 240 g/mol. The summed E-state index contributed by atoms with van der Waals surface area (Å²) in [4.78, 5) is 0. The van der Waals surface area contributed by atoms with E-state index in [4.69, 9.17) is 9.53 Å². The first-order valence-corrected chi connectivity index (χ1v) is 9.67. The van der Waals surface area contributed by atoms with Gasteiger partial charge in [0.2, 0.25) is 0 Å². The Morgan fingerprint density at radius 2 is 1.33 bits per heavy atom. The van der Waals surface area contributed by atoms with E-state index in [0.29, 0.717) is 29.1 Å². The minimum Gasteiger partial charge on any atom is -0.416 e. The summed E-state index contributed by atoms with van der Waals surface area (Å²) in [6.45, 7) is 17.3. The zero-order chi connectivity index (χ0) is 14.3. The van der Waals surface area contributed by atoms with Crippen molar-refractivity contribution in [3.63, 3.8) is 0 Å². The zero-order valence-electron chi connectivity index (χ0n) is 13.5. The Hall–Kier alpha value is 0.137. The number of aliphatic hydroxyl groups is 1. The van der Waals surface area contributed by atoms with Gasteiger partial charge in [0.15, 0.2) is 8.32 Å². The molecule has 0 bridgehead atoms. The fraction of sp³-hybridized carbons (Fsp3) is 1.00. The van der Waals surface area contributed by atoms with Crippen LogP contribution in [0.15, 0.2) is 0 Å². The highest BCUT2D eigenvalue weighted by Crippen LogP contribution is 2.42. The fourth-order valence-electron chi connectivity index (χ4n) is 3.31. The molecule has 0 rings (SSSR count). The monoisotopic (exact) mass is 274 g/mol. The van der Waals surface area contributed by atoms with Crippen molar-refractivity contribution < 1.29 is 9.53 Å². The summed E-state index contributed by atoms with van der Waals surface area (Å²) in [5.74, 6) is 0.556. The third-order valence-electron chi connectivity index (χ3n) is 4.18. The molecule has 18 heavy (non-hydrogen) atoms. The summed E-state index contributed by atoms with van der Waals surface area (Å²) >= 11 is 0. The Morgan fingerprint density at radius 1 is 0.889 bits per heavy atom. The predicted molar refractivity (Wildman–Crippen MR) is 82.5 cm³/mol. The Bertz CT molecular complexity index is 193. The first kappa shape index (κ1) is 18.1. The summed E-state index contributed by atoms with van der Waals surface area (Å²) in [5, 5.41) is 8.88. The van der Waals surface area contributed by atoms with Crippen molar-refractivity contribution in [2.24, 2.45) is 5.92 Å². The van der Waals surface area contributed by atoms with Gasteiger partial charge in [0, 0.05) is 13.2 Å². The lowest BCUT2D eigenvalue weighted by Gasteiger charge is -2.42. The van der Waals surface area contributed by atoms with Crippen molar-refractivity contribution in [1.29, 1.82) is 0 Å². The van der Waals surface area contributed by atoms with Crippen molar-refractivity contribution >= 4 is 8.32 Å². The van der Waals surface area contributed by atoms with Crippen molar-refractivity contribution in [2.75, 3.05) is 13.2 Å². The fourth-order valence-corrected chi connectivity index (χ4v) is 8.88. The minimum absolute atomic E-state index is 0.297. The topological polar surface area (TPSA) is 29.5 Å². The Kier molecular flexibility index (Phi) is 8.40. The quantitative estimate of drug-likeness (QED) is 0.623. The average molecular weight is 275 g/mol. The molecule has 0 heterocycles. The second kappa shape index (κ2) is 8.34. The van der Waals surface area contributed by atoms with E-state index in [0.717, 1.165) is 19.4 Å². The second-order valence-corrected chi connectivity index (χ2v) is 12.1. The summed E-state index contributed by atoms with van der Waals surface area (Å²) in [5.41, 5.74) is 1.97. The molecular formula is C15H34O2Si. The van der Waals surface area contributed by atoms with Crippen LogP contribution in [0.5, 0.6) is 0 Å². The number of rotatable bonds is 9. The third kappa shape index (κ3) is 4.67. The lowest BCUT2D eigenvalue weighted by molar-refractivity contribution is 0.208. The zero-order valence-corrected chi connectivity index (χ0v) is 14.5. The number of hydrogen-bond acceptors (Lipinski definition) is 2. The van der Waals surface area contributed by atoms with Gasteiger partial charge in [0.1, 0.15) is 0 Å². The lowest BCUT2D eigenvalue weighted by Crippen LogP contribution is -2.48. The Morgan fingerprint density at radius 3 is 1.67 bits per heavy atom. The van der Waals surface area contributed by atoms with Gasteiger partial charge in [-0.3, -0.25) is 0 Å². The molecule has 1 atom stereocenters. The van der Waals surface area contributed by atoms with Gasteiger partial charge < -0.3 is 9.53 Å². The molecule has 3 heteroatoms. The molecule has 0 unspecified atom stereocenters. The molecule has 2 nitrogen and oxygen atoms in total. The first-order valence-electron chi connectivity index (χ1n) is 7.53. The van der Waals surface area contributed by atoms with E-state index < -0.39 is 8.32 Å². The lowest BCUT2D eigenvalue weighted by atomic mass is 10.1. The SMILES string of the molecule is CC(C)[Si](OC[C@@H](C)CCCO)(C(C)C)C(C)C. The number of hydrogen-bond donors (Lipinski definition) is 1. The summed E-state index contributed by atoms with van der Waals surface area (Å²) in [6.07, 6.45) is 1.96. The first-order chi connectivity index (χ1) is 8.28. The van der Waals surface area contributed by atoms with Gasteiger partial charge in [-0.1, -0.05) is 48.5 Å². The van der Waals surface area contributed by atoms with Crippen molar-refractivity contribution in [1.82, 2.24) is 0 Å². The molecule has 0 aliphatic rings. The molecule has 0 aliphatic carbocycles. The third-order valence-corrected chi connectivity index (χ3v) is 10.3. The van der Waals surface area contributed by atoms with Crippen molar-refractivity contribution in [2.45, 2.75) is 77.9 Å². The minimum atomic E-state index is -1.69. The van der Waals surface area contributed by atoms with Gasteiger partial charge in [0.05, 0.1) is 0 Å². The molecule has 0 aromatic heterocycles. The molecule has 1 N–H and O–H groups in total.